The lowest BCUT2D eigenvalue weighted by Crippen LogP contribution is -2.45. The van der Waals surface area contributed by atoms with Crippen molar-refractivity contribution in [2.75, 3.05) is 0 Å². The van der Waals surface area contributed by atoms with Gasteiger partial charge >= 0.3 is 11.7 Å². The van der Waals surface area contributed by atoms with Crippen molar-refractivity contribution >= 4 is 14.3 Å². The van der Waals surface area contributed by atoms with Crippen LogP contribution in [0.25, 0.3) is 0 Å². The minimum atomic E-state index is -2.07. The first-order valence-electron chi connectivity index (χ1n) is 7.98. The third-order valence-electron chi connectivity index (χ3n) is 4.47. The predicted octanol–water partition coefficient (Wildman–Crippen LogP) is 2.20. The highest BCUT2D eigenvalue weighted by Crippen LogP contribution is 2.36. The van der Waals surface area contributed by atoms with Crippen molar-refractivity contribution < 1.29 is 14.3 Å². The normalized spacial score (nSPS) is 12.7. The van der Waals surface area contributed by atoms with Gasteiger partial charge in [-0.2, -0.15) is 0 Å². The Kier molecular flexibility index (Phi) is 5.99. The number of nitrogens with zero attached hydrogens (tertiary/aromatic N) is 2. The molecule has 24 heavy (non-hydrogen) atoms. The zero-order valence-corrected chi connectivity index (χ0v) is 16.5. The Bertz CT molecular complexity index is 725. The van der Waals surface area contributed by atoms with E-state index in [-0.39, 0.29) is 17.7 Å². The van der Waals surface area contributed by atoms with Crippen LogP contribution in [0.4, 0.5) is 0 Å². The second-order valence-electron chi connectivity index (χ2n) is 7.78. The maximum atomic E-state index is 12.6. The van der Waals surface area contributed by atoms with E-state index < -0.39 is 32.1 Å². The van der Waals surface area contributed by atoms with Crippen LogP contribution in [0.2, 0.25) is 18.1 Å². The third kappa shape index (κ3) is 4.45. The molecule has 7 nitrogen and oxygen atoms in total. The average Bonchev–Trinajstić information content (AvgIpc) is 2.38. The Labute approximate surface area is 143 Å². The molecule has 0 bridgehead atoms. The SMILES string of the molecule is CC(C)n1c(=O)c(CO[Si](C)(C)C(C)(C)C)cn(CC(=O)O)c1=O. The highest BCUT2D eigenvalue weighted by molar-refractivity contribution is 6.74. The van der Waals surface area contributed by atoms with E-state index in [9.17, 15) is 14.4 Å². The largest absolute Gasteiger partial charge is 0.480 e. The maximum absolute atomic E-state index is 12.6. The van der Waals surface area contributed by atoms with Crippen molar-refractivity contribution in [1.82, 2.24) is 9.13 Å². The molecule has 0 aliphatic rings. The molecule has 1 N–H and O–H groups in total. The highest BCUT2D eigenvalue weighted by atomic mass is 28.4. The fourth-order valence-corrected chi connectivity index (χ4v) is 2.92. The number of hydrogen-bond donors (Lipinski definition) is 1. The Morgan fingerprint density at radius 3 is 2.25 bits per heavy atom. The zero-order valence-electron chi connectivity index (χ0n) is 15.5. The molecule has 136 valence electrons. The van der Waals surface area contributed by atoms with Gasteiger partial charge in [0, 0.05) is 12.2 Å². The van der Waals surface area contributed by atoms with E-state index in [1.54, 1.807) is 13.8 Å². The molecule has 1 aromatic rings. The first-order chi connectivity index (χ1) is 10.8. The van der Waals surface area contributed by atoms with Crippen molar-refractivity contribution in [3.8, 4) is 0 Å². The fraction of sp³-hybridized carbons (Fsp3) is 0.688. The minimum absolute atomic E-state index is 0.0143. The van der Waals surface area contributed by atoms with E-state index >= 15 is 0 Å². The molecule has 0 aromatic carbocycles. The molecule has 0 amide bonds. The number of aromatic nitrogens is 2. The number of carboxylic acids is 1. The summed E-state index contributed by atoms with van der Waals surface area (Å²) in [7, 11) is -2.07. The van der Waals surface area contributed by atoms with Crippen molar-refractivity contribution in [3.63, 3.8) is 0 Å². The summed E-state index contributed by atoms with van der Waals surface area (Å²) >= 11 is 0. The lowest BCUT2D eigenvalue weighted by atomic mass is 10.2. The molecule has 0 radical (unpaired) electrons. The zero-order chi connectivity index (χ0) is 18.9. The van der Waals surface area contributed by atoms with Crippen LogP contribution in [-0.4, -0.2) is 28.5 Å². The van der Waals surface area contributed by atoms with Gasteiger partial charge in [0.2, 0.25) is 0 Å². The second kappa shape index (κ2) is 7.06. The molecule has 1 heterocycles. The van der Waals surface area contributed by atoms with Crippen LogP contribution in [0, 0.1) is 0 Å². The van der Waals surface area contributed by atoms with Gasteiger partial charge in [0.25, 0.3) is 5.56 Å². The smallest absolute Gasteiger partial charge is 0.331 e. The lowest BCUT2D eigenvalue weighted by molar-refractivity contribution is -0.137. The van der Waals surface area contributed by atoms with E-state index in [0.717, 1.165) is 9.13 Å². The molecule has 0 atom stereocenters. The van der Waals surface area contributed by atoms with Crippen LogP contribution in [0.1, 0.15) is 46.2 Å². The van der Waals surface area contributed by atoms with Crippen LogP contribution in [0.3, 0.4) is 0 Å². The Morgan fingerprint density at radius 1 is 1.29 bits per heavy atom. The first-order valence-corrected chi connectivity index (χ1v) is 10.9. The van der Waals surface area contributed by atoms with Gasteiger partial charge in [-0.1, -0.05) is 20.8 Å². The van der Waals surface area contributed by atoms with Gasteiger partial charge in [-0.25, -0.2) is 4.79 Å². The molecular formula is C16H28N2O5Si. The molecular weight excluding hydrogens is 328 g/mol. The van der Waals surface area contributed by atoms with E-state index in [4.69, 9.17) is 9.53 Å². The van der Waals surface area contributed by atoms with Crippen molar-refractivity contribution in [3.05, 3.63) is 32.6 Å². The molecule has 0 aliphatic carbocycles. The van der Waals surface area contributed by atoms with Crippen molar-refractivity contribution in [2.24, 2.45) is 0 Å². The summed E-state index contributed by atoms with van der Waals surface area (Å²) < 4.78 is 8.18. The molecule has 1 rings (SSSR count). The van der Waals surface area contributed by atoms with Crippen LogP contribution in [-0.2, 0) is 22.4 Å². The topological polar surface area (TPSA) is 90.5 Å². The molecule has 1 aromatic heterocycles. The van der Waals surface area contributed by atoms with Gasteiger partial charge < -0.3 is 9.53 Å². The van der Waals surface area contributed by atoms with E-state index in [2.05, 4.69) is 33.9 Å². The molecule has 0 saturated carbocycles. The molecule has 0 fully saturated rings. The van der Waals surface area contributed by atoms with E-state index in [1.807, 2.05) is 0 Å². The van der Waals surface area contributed by atoms with Crippen molar-refractivity contribution in [1.29, 1.82) is 0 Å². The van der Waals surface area contributed by atoms with Gasteiger partial charge in [-0.3, -0.25) is 18.7 Å². The van der Waals surface area contributed by atoms with Crippen LogP contribution in [0.5, 0.6) is 0 Å². The summed E-state index contributed by atoms with van der Waals surface area (Å²) in [6.45, 7) is 13.4. The van der Waals surface area contributed by atoms with E-state index in [1.165, 1.54) is 6.20 Å². The van der Waals surface area contributed by atoms with Crippen LogP contribution in [0.15, 0.2) is 15.8 Å². The fourth-order valence-electron chi connectivity index (χ4n) is 1.97. The maximum Gasteiger partial charge on any atom is 0.331 e. The second-order valence-corrected chi connectivity index (χ2v) is 12.6. The predicted molar refractivity (Wildman–Crippen MR) is 95.0 cm³/mol. The molecule has 0 saturated heterocycles. The summed E-state index contributed by atoms with van der Waals surface area (Å²) in [5.74, 6) is -1.14. The van der Waals surface area contributed by atoms with Crippen LogP contribution < -0.4 is 11.2 Å². The molecule has 0 aliphatic heterocycles. The lowest BCUT2D eigenvalue weighted by Gasteiger charge is -2.36. The number of hydrogen-bond acceptors (Lipinski definition) is 4. The van der Waals surface area contributed by atoms with Gasteiger partial charge in [0.1, 0.15) is 6.54 Å². The van der Waals surface area contributed by atoms with Gasteiger partial charge in [-0.05, 0) is 32.0 Å². The van der Waals surface area contributed by atoms with Gasteiger partial charge in [-0.15, -0.1) is 0 Å². The Balaban J connectivity index is 3.33. The number of carboxylic acid groups (broad SMARTS) is 1. The third-order valence-corrected chi connectivity index (χ3v) is 8.95. The number of carbonyl (C=O) groups is 1. The van der Waals surface area contributed by atoms with E-state index in [0.29, 0.717) is 5.56 Å². The van der Waals surface area contributed by atoms with Gasteiger partial charge in [0.15, 0.2) is 8.32 Å². The first kappa shape index (κ1) is 20.4. The Hall–Kier alpha value is -1.67. The standard InChI is InChI=1S/C16H28N2O5Si/c1-11(2)18-14(21)12(8-17(15(18)22)9-13(19)20)10-23-24(6,7)16(3,4)5/h8,11H,9-10H2,1-7H3,(H,19,20). The summed E-state index contributed by atoms with van der Waals surface area (Å²) in [4.78, 5) is 35.9. The highest BCUT2D eigenvalue weighted by Gasteiger charge is 2.37. The monoisotopic (exact) mass is 356 g/mol. The number of rotatable bonds is 6. The molecule has 0 spiro atoms. The van der Waals surface area contributed by atoms with Crippen molar-refractivity contribution in [2.45, 2.75) is 71.9 Å². The summed E-state index contributed by atoms with van der Waals surface area (Å²) in [5, 5.41) is 8.96. The minimum Gasteiger partial charge on any atom is -0.480 e. The average molecular weight is 356 g/mol. The summed E-state index contributed by atoms with van der Waals surface area (Å²) in [6.07, 6.45) is 1.31. The number of aliphatic carboxylic acids is 1. The summed E-state index contributed by atoms with van der Waals surface area (Å²) in [6, 6.07) is -0.363. The summed E-state index contributed by atoms with van der Waals surface area (Å²) in [5.41, 5.74) is -0.738. The Morgan fingerprint density at radius 2 is 1.83 bits per heavy atom. The molecule has 8 heteroatoms. The van der Waals surface area contributed by atoms with Gasteiger partial charge in [0.05, 0.1) is 12.2 Å². The quantitative estimate of drug-likeness (QED) is 0.789. The molecule has 0 unspecified atom stereocenters. The van der Waals surface area contributed by atoms with Crippen LogP contribution >= 0.6 is 0 Å².